The van der Waals surface area contributed by atoms with E-state index >= 15 is 0 Å². The van der Waals surface area contributed by atoms with E-state index in [1.54, 1.807) is 18.2 Å². The maximum absolute atomic E-state index is 11.6. The van der Waals surface area contributed by atoms with E-state index in [2.05, 4.69) is 19.7 Å². The van der Waals surface area contributed by atoms with E-state index in [0.29, 0.717) is 5.56 Å². The Balaban J connectivity index is 1.95. The molecule has 0 saturated carbocycles. The van der Waals surface area contributed by atoms with Crippen LogP contribution >= 0.6 is 11.6 Å². The lowest BCUT2D eigenvalue weighted by atomic mass is 10.1. The molecule has 28 heavy (non-hydrogen) atoms. The quantitative estimate of drug-likeness (QED) is 0.634. The van der Waals surface area contributed by atoms with Gasteiger partial charge >= 0.3 is 5.97 Å². The Labute approximate surface area is 164 Å². The zero-order chi connectivity index (χ0) is 20.3. The fraction of sp³-hybridized carbons (Fsp3) is 0.0556. The number of nitrogens with two attached hydrogens (primary N) is 2. The van der Waals surface area contributed by atoms with Crippen LogP contribution in [-0.2, 0) is 4.74 Å². The predicted molar refractivity (Wildman–Crippen MR) is 102 cm³/mol. The number of ether oxygens (including phenoxy) is 2. The first-order valence-electron chi connectivity index (χ1n) is 7.78. The molecule has 0 atom stereocenters. The van der Waals surface area contributed by atoms with E-state index < -0.39 is 5.97 Å². The van der Waals surface area contributed by atoms with Gasteiger partial charge in [-0.25, -0.2) is 14.8 Å². The number of benzene rings is 1. The number of halogens is 1. The largest absolute Gasteiger partial charge is 0.465 e. The van der Waals surface area contributed by atoms with Crippen molar-refractivity contribution in [3.63, 3.8) is 0 Å². The first-order valence-corrected chi connectivity index (χ1v) is 8.16. The molecule has 0 radical (unpaired) electrons. The third-order valence-corrected chi connectivity index (χ3v) is 3.94. The molecular weight excluding hydrogens is 384 g/mol. The zero-order valence-corrected chi connectivity index (χ0v) is 15.3. The molecule has 10 heteroatoms. The number of methoxy groups -OCH3 is 1. The lowest BCUT2D eigenvalue weighted by Crippen LogP contribution is -2.05. The highest BCUT2D eigenvalue weighted by Crippen LogP contribution is 2.34. The molecular formula is C18H13ClN6O3. The van der Waals surface area contributed by atoms with Gasteiger partial charge in [-0.2, -0.15) is 10.2 Å². The van der Waals surface area contributed by atoms with Gasteiger partial charge < -0.3 is 20.9 Å². The predicted octanol–water partition coefficient (Wildman–Crippen LogP) is 2.81. The van der Waals surface area contributed by atoms with Gasteiger partial charge in [0, 0.05) is 17.8 Å². The summed E-state index contributed by atoms with van der Waals surface area (Å²) < 4.78 is 10.3. The highest BCUT2D eigenvalue weighted by Gasteiger charge is 2.15. The van der Waals surface area contributed by atoms with Crippen molar-refractivity contribution in [3.05, 3.63) is 52.7 Å². The van der Waals surface area contributed by atoms with Crippen molar-refractivity contribution in [2.75, 3.05) is 18.6 Å². The van der Waals surface area contributed by atoms with Crippen LogP contribution in [0.15, 0.2) is 36.5 Å². The van der Waals surface area contributed by atoms with Crippen molar-refractivity contribution < 1.29 is 14.3 Å². The number of nitrogens with zero attached hydrogens (tertiary/aromatic N) is 4. The van der Waals surface area contributed by atoms with Crippen LogP contribution in [0.25, 0.3) is 11.3 Å². The second-order valence-electron chi connectivity index (χ2n) is 5.42. The average Bonchev–Trinajstić information content (AvgIpc) is 2.68. The number of esters is 1. The Morgan fingerprint density at radius 1 is 1.21 bits per heavy atom. The van der Waals surface area contributed by atoms with Crippen molar-refractivity contribution in [3.8, 4) is 29.0 Å². The second-order valence-corrected chi connectivity index (χ2v) is 5.83. The number of rotatable bonds is 4. The molecule has 0 saturated heterocycles. The van der Waals surface area contributed by atoms with Gasteiger partial charge in [0.25, 0.3) is 0 Å². The van der Waals surface area contributed by atoms with E-state index in [4.69, 9.17) is 27.8 Å². The van der Waals surface area contributed by atoms with Crippen molar-refractivity contribution >= 4 is 29.3 Å². The monoisotopic (exact) mass is 396 g/mol. The minimum absolute atomic E-state index is 0.0229. The van der Waals surface area contributed by atoms with E-state index in [-0.39, 0.29) is 45.2 Å². The molecule has 0 aliphatic heterocycles. The Kier molecular flexibility index (Phi) is 5.24. The number of anilines is 2. The molecule has 0 fully saturated rings. The number of carbonyl (C=O) groups excluding carboxylic acids is 1. The van der Waals surface area contributed by atoms with Gasteiger partial charge in [-0.15, -0.1) is 0 Å². The standard InChI is InChI=1S/C18H13ClN6O3/c1-27-17(26)10-4-5-23-14(7-10)28-13-3-2-9(6-12(13)19)15-11(8-20)16(21)25-18(22)24-15/h2-7H,1H3,(H4,21,22,24,25). The number of hydrogen-bond donors (Lipinski definition) is 2. The van der Waals surface area contributed by atoms with Crippen LogP contribution in [0.3, 0.4) is 0 Å². The number of carbonyl (C=O) groups is 1. The van der Waals surface area contributed by atoms with Crippen molar-refractivity contribution in [1.82, 2.24) is 15.0 Å². The molecule has 0 unspecified atom stereocenters. The number of nitriles is 1. The van der Waals surface area contributed by atoms with Crippen molar-refractivity contribution in [1.29, 1.82) is 5.26 Å². The van der Waals surface area contributed by atoms with E-state index in [1.807, 2.05) is 6.07 Å². The number of aromatic nitrogens is 3. The maximum Gasteiger partial charge on any atom is 0.338 e. The van der Waals surface area contributed by atoms with E-state index in [0.717, 1.165) is 0 Å². The molecule has 9 nitrogen and oxygen atoms in total. The van der Waals surface area contributed by atoms with Gasteiger partial charge in [0.05, 0.1) is 23.4 Å². The van der Waals surface area contributed by atoms with Crippen molar-refractivity contribution in [2.24, 2.45) is 0 Å². The molecule has 0 spiro atoms. The van der Waals surface area contributed by atoms with Crippen LogP contribution in [0.5, 0.6) is 11.6 Å². The smallest absolute Gasteiger partial charge is 0.338 e. The van der Waals surface area contributed by atoms with Gasteiger partial charge in [0.15, 0.2) is 0 Å². The molecule has 3 rings (SSSR count). The topological polar surface area (TPSA) is 150 Å². The maximum atomic E-state index is 11.6. The van der Waals surface area contributed by atoms with E-state index in [9.17, 15) is 10.1 Å². The van der Waals surface area contributed by atoms with Crippen LogP contribution in [0.1, 0.15) is 15.9 Å². The van der Waals surface area contributed by atoms with Gasteiger partial charge in [-0.1, -0.05) is 11.6 Å². The van der Waals surface area contributed by atoms with Crippen LogP contribution in [0.4, 0.5) is 11.8 Å². The molecule has 1 aromatic carbocycles. The first kappa shape index (κ1) is 18.9. The summed E-state index contributed by atoms with van der Waals surface area (Å²) in [6.45, 7) is 0. The van der Waals surface area contributed by atoms with Crippen LogP contribution < -0.4 is 16.2 Å². The summed E-state index contributed by atoms with van der Waals surface area (Å²) in [6.07, 6.45) is 1.41. The minimum atomic E-state index is -0.517. The molecule has 4 N–H and O–H groups in total. The van der Waals surface area contributed by atoms with Crippen LogP contribution in [0, 0.1) is 11.3 Å². The highest BCUT2D eigenvalue weighted by molar-refractivity contribution is 6.32. The summed E-state index contributed by atoms with van der Waals surface area (Å²) in [6, 6.07) is 9.62. The first-order chi connectivity index (χ1) is 13.4. The summed E-state index contributed by atoms with van der Waals surface area (Å²) in [5.74, 6) is -0.159. The highest BCUT2D eigenvalue weighted by atomic mass is 35.5. The molecule has 3 aromatic rings. The lowest BCUT2D eigenvalue weighted by molar-refractivity contribution is 0.0600. The third kappa shape index (κ3) is 3.77. The summed E-state index contributed by atoms with van der Waals surface area (Å²) in [7, 11) is 1.28. The third-order valence-electron chi connectivity index (χ3n) is 3.64. The van der Waals surface area contributed by atoms with Gasteiger partial charge in [-0.05, 0) is 24.3 Å². The molecule has 2 aromatic heterocycles. The van der Waals surface area contributed by atoms with Gasteiger partial charge in [0.1, 0.15) is 23.2 Å². The minimum Gasteiger partial charge on any atom is -0.465 e. The number of pyridine rings is 1. The zero-order valence-electron chi connectivity index (χ0n) is 14.5. The van der Waals surface area contributed by atoms with Crippen LogP contribution in [0.2, 0.25) is 5.02 Å². The normalized spacial score (nSPS) is 10.2. The Morgan fingerprint density at radius 3 is 2.68 bits per heavy atom. The Morgan fingerprint density at radius 2 is 2.00 bits per heavy atom. The molecule has 2 heterocycles. The van der Waals surface area contributed by atoms with Crippen molar-refractivity contribution in [2.45, 2.75) is 0 Å². The molecule has 0 amide bonds. The Bertz CT molecular complexity index is 1110. The average molecular weight is 397 g/mol. The van der Waals surface area contributed by atoms with E-state index in [1.165, 1.54) is 25.4 Å². The number of nitrogen functional groups attached to an aromatic ring is 2. The molecule has 0 bridgehead atoms. The summed E-state index contributed by atoms with van der Waals surface area (Å²) >= 11 is 6.30. The fourth-order valence-corrected chi connectivity index (χ4v) is 2.59. The summed E-state index contributed by atoms with van der Waals surface area (Å²) in [5.41, 5.74) is 12.5. The molecule has 0 aliphatic carbocycles. The lowest BCUT2D eigenvalue weighted by Gasteiger charge is -2.10. The van der Waals surface area contributed by atoms with Gasteiger partial charge in [-0.3, -0.25) is 0 Å². The number of hydrogen-bond acceptors (Lipinski definition) is 9. The Hall–Kier alpha value is -3.90. The summed E-state index contributed by atoms with van der Waals surface area (Å²) in [4.78, 5) is 23.5. The van der Waals surface area contributed by atoms with Gasteiger partial charge in [0.2, 0.25) is 11.8 Å². The second kappa shape index (κ2) is 7.77. The molecule has 0 aliphatic rings. The molecule has 140 valence electrons. The summed E-state index contributed by atoms with van der Waals surface area (Å²) in [5, 5.41) is 9.53. The fourth-order valence-electron chi connectivity index (χ4n) is 2.37. The van der Waals surface area contributed by atoms with Crippen LogP contribution in [-0.4, -0.2) is 28.0 Å². The SMILES string of the molecule is COC(=O)c1ccnc(Oc2ccc(-c3nc(N)nc(N)c3C#N)cc2Cl)c1.